The number of hydrogen-bond donors (Lipinski definition) is 0. The van der Waals surface area contributed by atoms with Crippen molar-refractivity contribution in [3.05, 3.63) is 41.4 Å². The zero-order valence-electron chi connectivity index (χ0n) is 9.49. The molecule has 16 heavy (non-hydrogen) atoms. The fraction of sp³-hybridized carbons (Fsp3) is 0.154. The lowest BCUT2D eigenvalue weighted by atomic mass is 10.0. The molecule has 0 saturated carbocycles. The Morgan fingerprint density at radius 3 is 2.75 bits per heavy atom. The molecule has 3 heteroatoms. The van der Waals surface area contributed by atoms with E-state index in [1.54, 1.807) is 12.4 Å². The van der Waals surface area contributed by atoms with Gasteiger partial charge in [-0.2, -0.15) is 0 Å². The quantitative estimate of drug-likeness (QED) is 0.693. The van der Waals surface area contributed by atoms with E-state index in [0.29, 0.717) is 0 Å². The van der Waals surface area contributed by atoms with Gasteiger partial charge in [-0.1, -0.05) is 6.58 Å². The molecule has 2 rings (SSSR count). The molecule has 0 radical (unpaired) electrons. The molecule has 1 aromatic rings. The van der Waals surface area contributed by atoms with Crippen LogP contribution in [0.4, 0.5) is 0 Å². The van der Waals surface area contributed by atoms with E-state index >= 15 is 0 Å². The molecular weight excluding hydrogens is 198 g/mol. The summed E-state index contributed by atoms with van der Waals surface area (Å²) in [6.45, 7) is 11.5. The highest BCUT2D eigenvalue weighted by Crippen LogP contribution is 2.41. The van der Waals surface area contributed by atoms with Crippen molar-refractivity contribution in [1.82, 2.24) is 4.98 Å². The largest absolute Gasteiger partial charge is 0.260 e. The Bertz CT molecular complexity index is 536. The van der Waals surface area contributed by atoms with Crippen molar-refractivity contribution in [2.24, 2.45) is 9.98 Å². The summed E-state index contributed by atoms with van der Waals surface area (Å²) in [5.74, 6) is 0. The fourth-order valence-corrected chi connectivity index (χ4v) is 1.91. The molecule has 0 saturated heterocycles. The Labute approximate surface area is 95.0 Å². The summed E-state index contributed by atoms with van der Waals surface area (Å²) >= 11 is 0. The normalized spacial score (nSPS) is 14.8. The molecule has 80 valence electrons. The van der Waals surface area contributed by atoms with E-state index in [-0.39, 0.29) is 0 Å². The van der Waals surface area contributed by atoms with Gasteiger partial charge < -0.3 is 0 Å². The highest BCUT2D eigenvalue weighted by molar-refractivity contribution is 5.99. The summed E-state index contributed by atoms with van der Waals surface area (Å²) in [6, 6.07) is 1.96. The topological polar surface area (TPSA) is 37.6 Å². The molecule has 0 atom stereocenters. The Morgan fingerprint density at radius 1 is 1.38 bits per heavy atom. The van der Waals surface area contributed by atoms with Crippen LogP contribution >= 0.6 is 0 Å². The number of aliphatic imine (C=N–C) groups is 2. The molecule has 1 aliphatic rings. The van der Waals surface area contributed by atoms with E-state index in [0.717, 1.165) is 33.8 Å². The first-order chi connectivity index (χ1) is 7.70. The summed E-state index contributed by atoms with van der Waals surface area (Å²) in [5, 5.41) is 0. The third-order valence-electron chi connectivity index (χ3n) is 2.61. The number of nitrogens with zero attached hydrogens (tertiary/aromatic N) is 3. The predicted octanol–water partition coefficient (Wildman–Crippen LogP) is 2.88. The molecule has 1 heterocycles. The molecule has 1 aromatic heterocycles. The van der Waals surface area contributed by atoms with E-state index in [2.05, 4.69) is 28.3 Å². The monoisotopic (exact) mass is 211 g/mol. The molecule has 0 aromatic carbocycles. The minimum Gasteiger partial charge on any atom is -0.260 e. The number of pyridine rings is 1. The Morgan fingerprint density at radius 2 is 2.12 bits per heavy atom. The molecule has 0 unspecified atom stereocenters. The van der Waals surface area contributed by atoms with Crippen molar-refractivity contribution < 1.29 is 0 Å². The van der Waals surface area contributed by atoms with Gasteiger partial charge in [0.1, 0.15) is 5.70 Å². The average molecular weight is 211 g/mol. The highest BCUT2D eigenvalue weighted by atomic mass is 14.9. The zero-order valence-corrected chi connectivity index (χ0v) is 9.49. The minimum atomic E-state index is 0.724. The summed E-state index contributed by atoms with van der Waals surface area (Å²) in [7, 11) is 0. The maximum absolute atomic E-state index is 4.33. The van der Waals surface area contributed by atoms with Crippen LogP contribution < -0.4 is 0 Å². The summed E-state index contributed by atoms with van der Waals surface area (Å²) in [5.41, 5.74) is 5.38. The molecule has 0 bridgehead atoms. The number of aryl methyl sites for hydroxylation is 1. The molecular formula is C13H13N3. The smallest absolute Gasteiger partial charge is 0.115 e. The van der Waals surface area contributed by atoms with Crippen LogP contribution in [0.3, 0.4) is 0 Å². The molecule has 0 aliphatic heterocycles. The van der Waals surface area contributed by atoms with Crippen LogP contribution in [0.5, 0.6) is 0 Å². The van der Waals surface area contributed by atoms with Crippen molar-refractivity contribution >= 4 is 24.2 Å². The van der Waals surface area contributed by atoms with Crippen molar-refractivity contribution in [2.45, 2.75) is 13.8 Å². The van der Waals surface area contributed by atoms with E-state index in [4.69, 9.17) is 0 Å². The van der Waals surface area contributed by atoms with Gasteiger partial charge in [0.05, 0.1) is 11.4 Å². The summed E-state index contributed by atoms with van der Waals surface area (Å²) in [6.07, 6.45) is 3.50. The van der Waals surface area contributed by atoms with Gasteiger partial charge in [0, 0.05) is 23.5 Å². The van der Waals surface area contributed by atoms with E-state index in [1.807, 2.05) is 19.9 Å². The number of aromatic nitrogens is 1. The zero-order chi connectivity index (χ0) is 11.7. The average Bonchev–Trinajstić information content (AvgIpc) is 2.54. The van der Waals surface area contributed by atoms with Gasteiger partial charge in [-0.3, -0.25) is 15.0 Å². The molecule has 0 amide bonds. The summed E-state index contributed by atoms with van der Waals surface area (Å²) < 4.78 is 0. The number of allylic oxidation sites excluding steroid dienone is 1. The number of hydrogen-bond acceptors (Lipinski definition) is 3. The Balaban J connectivity index is 2.74. The maximum atomic E-state index is 4.33. The van der Waals surface area contributed by atoms with Crippen molar-refractivity contribution in [2.75, 3.05) is 0 Å². The van der Waals surface area contributed by atoms with Gasteiger partial charge in [0.15, 0.2) is 0 Å². The van der Waals surface area contributed by atoms with Crippen LogP contribution in [-0.4, -0.2) is 17.9 Å². The van der Waals surface area contributed by atoms with Gasteiger partial charge in [0.25, 0.3) is 0 Å². The van der Waals surface area contributed by atoms with Gasteiger partial charge in [-0.05, 0) is 32.2 Å². The van der Waals surface area contributed by atoms with E-state index in [9.17, 15) is 0 Å². The first kappa shape index (κ1) is 10.5. The first-order valence-corrected chi connectivity index (χ1v) is 5.06. The Hall–Kier alpha value is -2.03. The van der Waals surface area contributed by atoms with Crippen LogP contribution in [-0.2, 0) is 0 Å². The van der Waals surface area contributed by atoms with Crippen LogP contribution in [0.1, 0.15) is 23.7 Å². The van der Waals surface area contributed by atoms with Gasteiger partial charge in [0.2, 0.25) is 0 Å². The second-order valence-electron chi connectivity index (χ2n) is 3.57. The van der Waals surface area contributed by atoms with Gasteiger partial charge in [-0.15, -0.1) is 0 Å². The van der Waals surface area contributed by atoms with Crippen molar-refractivity contribution in [1.29, 1.82) is 0 Å². The standard InChI is InChI=1S/C13H13N3/c1-5-15-11-9(3)10-8(2)6-7-16-12(10)13(11)14-4/h5-7H,3-4H2,1-2H3/b15-5-. The van der Waals surface area contributed by atoms with Gasteiger partial charge in [-0.25, -0.2) is 0 Å². The molecule has 0 N–H and O–H groups in total. The fourth-order valence-electron chi connectivity index (χ4n) is 1.91. The second kappa shape index (κ2) is 3.85. The Kier molecular flexibility index (Phi) is 2.52. The molecule has 3 nitrogen and oxygen atoms in total. The lowest BCUT2D eigenvalue weighted by Crippen LogP contribution is -1.90. The van der Waals surface area contributed by atoms with Crippen LogP contribution in [0.15, 0.2) is 34.5 Å². The third-order valence-corrected chi connectivity index (χ3v) is 2.61. The van der Waals surface area contributed by atoms with Crippen LogP contribution in [0, 0.1) is 6.92 Å². The van der Waals surface area contributed by atoms with E-state index in [1.165, 1.54) is 0 Å². The van der Waals surface area contributed by atoms with Gasteiger partial charge >= 0.3 is 0 Å². The predicted molar refractivity (Wildman–Crippen MR) is 68.6 cm³/mol. The maximum Gasteiger partial charge on any atom is 0.115 e. The SMILES string of the molecule is C=NC1=C(/N=C\C)C(=C)c2c(C)ccnc21. The lowest BCUT2D eigenvalue weighted by Gasteiger charge is -2.03. The minimum absolute atomic E-state index is 0.724. The first-order valence-electron chi connectivity index (χ1n) is 5.06. The van der Waals surface area contributed by atoms with Crippen molar-refractivity contribution in [3.63, 3.8) is 0 Å². The third kappa shape index (κ3) is 1.33. The number of rotatable bonds is 2. The van der Waals surface area contributed by atoms with Crippen LogP contribution in [0.2, 0.25) is 0 Å². The second-order valence-corrected chi connectivity index (χ2v) is 3.57. The lowest BCUT2D eigenvalue weighted by molar-refractivity contribution is 1.22. The van der Waals surface area contributed by atoms with E-state index < -0.39 is 0 Å². The summed E-state index contributed by atoms with van der Waals surface area (Å²) in [4.78, 5) is 12.6. The number of fused-ring (bicyclic) bond motifs is 1. The molecule has 1 aliphatic carbocycles. The molecule has 0 spiro atoms. The van der Waals surface area contributed by atoms with Crippen LogP contribution in [0.25, 0.3) is 11.3 Å². The molecule has 0 fully saturated rings. The highest BCUT2D eigenvalue weighted by Gasteiger charge is 2.26. The van der Waals surface area contributed by atoms with Crippen molar-refractivity contribution in [3.8, 4) is 0 Å².